The Bertz CT molecular complexity index is 487. The van der Waals surface area contributed by atoms with Crippen LogP contribution in [0.4, 0.5) is 5.82 Å². The standard InChI is InChI=1S/C10H16N4O3/c15-6-10(4-2-1-3-5-10)12-7-8(16)11-9(17)14-13-7/h15H,1-6H2,(H,12,13)(H2,11,14,16,17). The van der Waals surface area contributed by atoms with Crippen LogP contribution in [0.25, 0.3) is 0 Å². The van der Waals surface area contributed by atoms with E-state index in [4.69, 9.17) is 0 Å². The van der Waals surface area contributed by atoms with Gasteiger partial charge in [-0.1, -0.05) is 19.3 Å². The second kappa shape index (κ2) is 4.70. The Labute approximate surface area is 97.3 Å². The number of nitrogens with zero attached hydrogens (tertiary/aromatic N) is 1. The van der Waals surface area contributed by atoms with Crippen molar-refractivity contribution in [2.24, 2.45) is 0 Å². The molecule has 7 heteroatoms. The summed E-state index contributed by atoms with van der Waals surface area (Å²) in [5.74, 6) is 0.0561. The van der Waals surface area contributed by atoms with Gasteiger partial charge in [-0.3, -0.25) is 9.78 Å². The third-order valence-corrected chi connectivity index (χ3v) is 3.21. The van der Waals surface area contributed by atoms with E-state index in [1.165, 1.54) is 0 Å². The van der Waals surface area contributed by atoms with Crippen molar-refractivity contribution >= 4 is 5.82 Å². The Morgan fingerprint density at radius 3 is 2.59 bits per heavy atom. The van der Waals surface area contributed by atoms with Crippen LogP contribution < -0.4 is 16.6 Å². The lowest BCUT2D eigenvalue weighted by molar-refractivity contribution is 0.172. The van der Waals surface area contributed by atoms with Gasteiger partial charge in [0, 0.05) is 0 Å². The second-order valence-electron chi connectivity index (χ2n) is 4.48. The van der Waals surface area contributed by atoms with Crippen molar-refractivity contribution in [3.8, 4) is 0 Å². The normalized spacial score (nSPS) is 18.9. The van der Waals surface area contributed by atoms with Crippen LogP contribution >= 0.6 is 0 Å². The summed E-state index contributed by atoms with van der Waals surface area (Å²) in [7, 11) is 0. The molecule has 17 heavy (non-hydrogen) atoms. The summed E-state index contributed by atoms with van der Waals surface area (Å²) in [5, 5.41) is 18.3. The number of hydrogen-bond acceptors (Lipinski definition) is 5. The van der Waals surface area contributed by atoms with Gasteiger partial charge in [0.05, 0.1) is 12.1 Å². The van der Waals surface area contributed by atoms with Gasteiger partial charge in [0.1, 0.15) is 0 Å². The molecule has 2 rings (SSSR count). The molecule has 7 nitrogen and oxygen atoms in total. The fourth-order valence-electron chi connectivity index (χ4n) is 2.23. The van der Waals surface area contributed by atoms with E-state index in [9.17, 15) is 14.7 Å². The molecule has 1 aliphatic carbocycles. The molecule has 0 amide bonds. The molecule has 1 fully saturated rings. The highest BCUT2D eigenvalue weighted by atomic mass is 16.3. The Kier molecular flexibility index (Phi) is 3.28. The van der Waals surface area contributed by atoms with E-state index in [2.05, 4.69) is 20.5 Å². The summed E-state index contributed by atoms with van der Waals surface area (Å²) in [6.45, 7) is -0.0484. The summed E-state index contributed by atoms with van der Waals surface area (Å²) in [6.07, 6.45) is 4.75. The Morgan fingerprint density at radius 2 is 2.00 bits per heavy atom. The van der Waals surface area contributed by atoms with Gasteiger partial charge >= 0.3 is 5.69 Å². The highest BCUT2D eigenvalue weighted by molar-refractivity contribution is 5.33. The summed E-state index contributed by atoms with van der Waals surface area (Å²) < 4.78 is 0. The van der Waals surface area contributed by atoms with Crippen LogP contribution in [0.2, 0.25) is 0 Å². The lowest BCUT2D eigenvalue weighted by Gasteiger charge is -2.36. The number of nitrogens with one attached hydrogen (secondary N) is 3. The largest absolute Gasteiger partial charge is 0.394 e. The number of aromatic nitrogens is 3. The number of H-pyrrole nitrogens is 2. The molecule has 0 saturated heterocycles. The van der Waals surface area contributed by atoms with Crippen molar-refractivity contribution in [2.75, 3.05) is 11.9 Å². The SMILES string of the molecule is O=c1[nH]nc(NC2(CO)CCCCC2)c(=O)[nH]1. The maximum Gasteiger partial charge on any atom is 0.342 e. The van der Waals surface area contributed by atoms with Crippen molar-refractivity contribution < 1.29 is 5.11 Å². The molecule has 0 spiro atoms. The van der Waals surface area contributed by atoms with Gasteiger partial charge in [-0.2, -0.15) is 0 Å². The summed E-state index contributed by atoms with van der Waals surface area (Å²) in [6, 6.07) is 0. The topological polar surface area (TPSA) is 111 Å². The predicted octanol–water partition coefficient (Wildman–Crippen LogP) is -0.435. The van der Waals surface area contributed by atoms with E-state index in [1.54, 1.807) is 0 Å². The van der Waals surface area contributed by atoms with E-state index in [0.29, 0.717) is 0 Å². The maximum absolute atomic E-state index is 11.5. The highest BCUT2D eigenvalue weighted by Gasteiger charge is 2.32. The summed E-state index contributed by atoms with van der Waals surface area (Å²) >= 11 is 0. The quantitative estimate of drug-likeness (QED) is 0.572. The third kappa shape index (κ3) is 2.55. The molecule has 0 atom stereocenters. The highest BCUT2D eigenvalue weighted by Crippen LogP contribution is 2.29. The first-order chi connectivity index (χ1) is 8.15. The molecule has 1 aromatic rings. The van der Waals surface area contributed by atoms with E-state index < -0.39 is 16.8 Å². The van der Waals surface area contributed by atoms with Gasteiger partial charge in [0.25, 0.3) is 5.56 Å². The van der Waals surface area contributed by atoms with Crippen molar-refractivity contribution in [3.05, 3.63) is 20.8 Å². The lowest BCUT2D eigenvalue weighted by atomic mass is 9.82. The Morgan fingerprint density at radius 1 is 1.29 bits per heavy atom. The van der Waals surface area contributed by atoms with Gasteiger partial charge < -0.3 is 10.4 Å². The van der Waals surface area contributed by atoms with Gasteiger partial charge in [0.2, 0.25) is 5.82 Å². The molecule has 0 aromatic carbocycles. The van der Waals surface area contributed by atoms with Crippen LogP contribution in [-0.4, -0.2) is 32.4 Å². The molecule has 0 unspecified atom stereocenters. The molecule has 0 radical (unpaired) electrons. The molecule has 0 bridgehead atoms. The van der Waals surface area contributed by atoms with Crippen LogP contribution in [0.5, 0.6) is 0 Å². The molecule has 4 N–H and O–H groups in total. The zero-order chi connectivity index (χ0) is 12.3. The molecule has 1 heterocycles. The number of aromatic amines is 2. The van der Waals surface area contributed by atoms with E-state index in [-0.39, 0.29) is 12.4 Å². The minimum atomic E-state index is -0.637. The molecule has 1 aliphatic rings. The van der Waals surface area contributed by atoms with E-state index >= 15 is 0 Å². The van der Waals surface area contributed by atoms with Gasteiger partial charge in [-0.05, 0) is 12.8 Å². The smallest absolute Gasteiger partial charge is 0.342 e. The number of rotatable bonds is 3. The number of aliphatic hydroxyl groups excluding tert-OH is 1. The minimum Gasteiger partial charge on any atom is -0.394 e. The van der Waals surface area contributed by atoms with Gasteiger partial charge in [-0.25, -0.2) is 9.89 Å². The molecule has 1 saturated carbocycles. The van der Waals surface area contributed by atoms with E-state index in [1.807, 2.05) is 0 Å². The zero-order valence-electron chi connectivity index (χ0n) is 9.45. The molecule has 94 valence electrons. The minimum absolute atomic E-state index is 0.0484. The van der Waals surface area contributed by atoms with Crippen LogP contribution in [0.3, 0.4) is 0 Å². The van der Waals surface area contributed by atoms with E-state index in [0.717, 1.165) is 32.1 Å². The first kappa shape index (κ1) is 11.8. The molecular weight excluding hydrogens is 224 g/mol. The molecular formula is C10H16N4O3. The van der Waals surface area contributed by atoms with Gasteiger partial charge in [-0.15, -0.1) is 5.10 Å². The fraction of sp³-hybridized carbons (Fsp3) is 0.700. The van der Waals surface area contributed by atoms with Crippen LogP contribution in [0.1, 0.15) is 32.1 Å². The Hall–Kier alpha value is -1.63. The Balaban J connectivity index is 2.23. The number of aliphatic hydroxyl groups is 1. The number of hydrogen-bond donors (Lipinski definition) is 4. The predicted molar refractivity (Wildman–Crippen MR) is 62.0 cm³/mol. The van der Waals surface area contributed by atoms with Gasteiger partial charge in [0.15, 0.2) is 0 Å². The monoisotopic (exact) mass is 240 g/mol. The lowest BCUT2D eigenvalue weighted by Crippen LogP contribution is -2.46. The zero-order valence-corrected chi connectivity index (χ0v) is 9.45. The van der Waals surface area contributed by atoms with Crippen molar-refractivity contribution in [2.45, 2.75) is 37.6 Å². The van der Waals surface area contributed by atoms with Crippen LogP contribution in [0, 0.1) is 0 Å². The number of anilines is 1. The molecule has 1 aromatic heterocycles. The maximum atomic E-state index is 11.5. The van der Waals surface area contributed by atoms with Crippen molar-refractivity contribution in [1.29, 1.82) is 0 Å². The average molecular weight is 240 g/mol. The van der Waals surface area contributed by atoms with Crippen molar-refractivity contribution in [1.82, 2.24) is 15.2 Å². The van der Waals surface area contributed by atoms with Crippen LogP contribution in [0.15, 0.2) is 9.59 Å². The fourth-order valence-corrected chi connectivity index (χ4v) is 2.23. The third-order valence-electron chi connectivity index (χ3n) is 3.21. The second-order valence-corrected chi connectivity index (χ2v) is 4.48. The first-order valence-corrected chi connectivity index (χ1v) is 5.73. The first-order valence-electron chi connectivity index (χ1n) is 5.73. The molecule has 0 aliphatic heterocycles. The summed E-state index contributed by atoms with van der Waals surface area (Å²) in [4.78, 5) is 24.4. The summed E-state index contributed by atoms with van der Waals surface area (Å²) in [5.41, 5.74) is -1.69. The van der Waals surface area contributed by atoms with Crippen molar-refractivity contribution in [3.63, 3.8) is 0 Å². The van der Waals surface area contributed by atoms with Crippen LogP contribution in [-0.2, 0) is 0 Å². The average Bonchev–Trinajstić information content (AvgIpc) is 2.34.